The van der Waals surface area contributed by atoms with Crippen LogP contribution < -0.4 is 0 Å². The standard InChI is InChI=1S/C10H16N2/c1-4-5-8-12-10(9(2)3)6-7-11-12/h6-7H,2,4-5,8H2,1,3H3. The zero-order valence-corrected chi connectivity index (χ0v) is 7.88. The van der Waals surface area contributed by atoms with Gasteiger partial charge in [0.1, 0.15) is 0 Å². The van der Waals surface area contributed by atoms with Crippen molar-refractivity contribution in [1.29, 1.82) is 0 Å². The summed E-state index contributed by atoms with van der Waals surface area (Å²) in [6.45, 7) is 9.11. The first-order valence-corrected chi connectivity index (χ1v) is 4.43. The number of aromatic nitrogens is 2. The molecular weight excluding hydrogens is 148 g/mol. The van der Waals surface area contributed by atoms with Crippen LogP contribution in [0.4, 0.5) is 0 Å². The fraction of sp³-hybridized carbons (Fsp3) is 0.500. The van der Waals surface area contributed by atoms with Gasteiger partial charge in [-0.1, -0.05) is 19.9 Å². The summed E-state index contributed by atoms with van der Waals surface area (Å²) in [6, 6.07) is 2.01. The monoisotopic (exact) mass is 164 g/mol. The molecule has 0 N–H and O–H groups in total. The average Bonchev–Trinajstić information content (AvgIpc) is 2.48. The molecule has 0 aromatic carbocycles. The molecular formula is C10H16N2. The fourth-order valence-electron chi connectivity index (χ4n) is 1.18. The Balaban J connectivity index is 2.70. The Kier molecular flexibility index (Phi) is 3.09. The van der Waals surface area contributed by atoms with E-state index in [0.29, 0.717) is 0 Å². The minimum Gasteiger partial charge on any atom is -0.265 e. The van der Waals surface area contributed by atoms with Crippen molar-refractivity contribution >= 4 is 5.57 Å². The van der Waals surface area contributed by atoms with Crippen molar-refractivity contribution in [3.63, 3.8) is 0 Å². The van der Waals surface area contributed by atoms with Gasteiger partial charge in [0.25, 0.3) is 0 Å². The first-order chi connectivity index (χ1) is 5.75. The van der Waals surface area contributed by atoms with Crippen LogP contribution in [0.5, 0.6) is 0 Å². The van der Waals surface area contributed by atoms with Gasteiger partial charge in [-0.05, 0) is 25.0 Å². The molecule has 0 atom stereocenters. The van der Waals surface area contributed by atoms with E-state index >= 15 is 0 Å². The Morgan fingerprint density at radius 3 is 3.00 bits per heavy atom. The Hall–Kier alpha value is -1.05. The number of rotatable bonds is 4. The lowest BCUT2D eigenvalue weighted by molar-refractivity contribution is 0.566. The van der Waals surface area contributed by atoms with Gasteiger partial charge >= 0.3 is 0 Å². The SMILES string of the molecule is C=C(C)c1ccnn1CCCC. The minimum absolute atomic E-state index is 1.01. The third kappa shape index (κ3) is 1.97. The second kappa shape index (κ2) is 4.10. The average molecular weight is 164 g/mol. The lowest BCUT2D eigenvalue weighted by Gasteiger charge is -2.05. The molecule has 2 heteroatoms. The zero-order valence-electron chi connectivity index (χ0n) is 7.88. The third-order valence-corrected chi connectivity index (χ3v) is 1.88. The Morgan fingerprint density at radius 2 is 2.42 bits per heavy atom. The van der Waals surface area contributed by atoms with Crippen molar-refractivity contribution in [3.05, 3.63) is 24.5 Å². The highest BCUT2D eigenvalue weighted by Crippen LogP contribution is 2.10. The molecule has 1 aromatic rings. The smallest absolute Gasteiger partial charge is 0.0633 e. The summed E-state index contributed by atoms with van der Waals surface area (Å²) >= 11 is 0. The maximum absolute atomic E-state index is 4.23. The van der Waals surface area contributed by atoms with Crippen molar-refractivity contribution < 1.29 is 0 Å². The van der Waals surface area contributed by atoms with Gasteiger partial charge in [0.05, 0.1) is 5.69 Å². The van der Waals surface area contributed by atoms with E-state index in [-0.39, 0.29) is 0 Å². The van der Waals surface area contributed by atoms with Gasteiger partial charge in [-0.15, -0.1) is 0 Å². The number of hydrogen-bond acceptors (Lipinski definition) is 1. The van der Waals surface area contributed by atoms with Crippen LogP contribution in [0, 0.1) is 0 Å². The molecule has 66 valence electrons. The first kappa shape index (κ1) is 9.04. The summed E-state index contributed by atoms with van der Waals surface area (Å²) in [5.41, 5.74) is 2.24. The molecule has 0 amide bonds. The molecule has 0 unspecified atom stereocenters. The summed E-state index contributed by atoms with van der Waals surface area (Å²) in [7, 11) is 0. The Bertz CT molecular complexity index is 261. The Morgan fingerprint density at radius 1 is 1.67 bits per heavy atom. The topological polar surface area (TPSA) is 17.8 Å². The maximum Gasteiger partial charge on any atom is 0.0633 e. The van der Waals surface area contributed by atoms with Gasteiger partial charge in [0, 0.05) is 12.7 Å². The van der Waals surface area contributed by atoms with Crippen LogP contribution in [0.25, 0.3) is 5.57 Å². The number of hydrogen-bond donors (Lipinski definition) is 0. The van der Waals surface area contributed by atoms with E-state index < -0.39 is 0 Å². The van der Waals surface area contributed by atoms with Crippen LogP contribution in [-0.4, -0.2) is 9.78 Å². The molecule has 0 radical (unpaired) electrons. The van der Waals surface area contributed by atoms with Gasteiger partial charge in [0.15, 0.2) is 0 Å². The highest BCUT2D eigenvalue weighted by Gasteiger charge is 2.00. The van der Waals surface area contributed by atoms with Gasteiger partial charge in [-0.3, -0.25) is 4.68 Å². The highest BCUT2D eigenvalue weighted by molar-refractivity contribution is 5.57. The quantitative estimate of drug-likeness (QED) is 0.669. The van der Waals surface area contributed by atoms with Crippen molar-refractivity contribution in [1.82, 2.24) is 9.78 Å². The molecule has 2 nitrogen and oxygen atoms in total. The van der Waals surface area contributed by atoms with Crippen LogP contribution in [0.2, 0.25) is 0 Å². The van der Waals surface area contributed by atoms with E-state index in [1.807, 2.05) is 23.9 Å². The Labute approximate surface area is 73.9 Å². The second-order valence-corrected chi connectivity index (χ2v) is 3.07. The number of nitrogens with zero attached hydrogens (tertiary/aromatic N) is 2. The van der Waals surface area contributed by atoms with Crippen molar-refractivity contribution in [2.45, 2.75) is 33.2 Å². The first-order valence-electron chi connectivity index (χ1n) is 4.43. The predicted molar refractivity (Wildman–Crippen MR) is 51.8 cm³/mol. The molecule has 0 spiro atoms. The maximum atomic E-state index is 4.23. The van der Waals surface area contributed by atoms with Gasteiger partial charge < -0.3 is 0 Å². The molecule has 0 saturated carbocycles. The predicted octanol–water partition coefficient (Wildman–Crippen LogP) is 2.72. The largest absolute Gasteiger partial charge is 0.265 e. The summed E-state index contributed by atoms with van der Waals surface area (Å²) < 4.78 is 2.02. The lowest BCUT2D eigenvalue weighted by Crippen LogP contribution is -2.03. The van der Waals surface area contributed by atoms with E-state index in [4.69, 9.17) is 0 Å². The lowest BCUT2D eigenvalue weighted by atomic mass is 10.2. The third-order valence-electron chi connectivity index (χ3n) is 1.88. The van der Waals surface area contributed by atoms with Crippen molar-refractivity contribution in [2.24, 2.45) is 0 Å². The van der Waals surface area contributed by atoms with E-state index in [1.165, 1.54) is 12.8 Å². The van der Waals surface area contributed by atoms with Crippen LogP contribution in [0.1, 0.15) is 32.4 Å². The second-order valence-electron chi connectivity index (χ2n) is 3.07. The van der Waals surface area contributed by atoms with Crippen molar-refractivity contribution in [2.75, 3.05) is 0 Å². The van der Waals surface area contributed by atoms with Crippen molar-refractivity contribution in [3.8, 4) is 0 Å². The van der Waals surface area contributed by atoms with Gasteiger partial charge in [-0.25, -0.2) is 0 Å². The van der Waals surface area contributed by atoms with Crippen LogP contribution in [0.3, 0.4) is 0 Å². The highest BCUT2D eigenvalue weighted by atomic mass is 15.3. The van der Waals surface area contributed by atoms with E-state index in [0.717, 1.165) is 17.8 Å². The molecule has 0 aliphatic carbocycles. The summed E-state index contributed by atoms with van der Waals surface area (Å²) in [5, 5.41) is 4.23. The molecule has 12 heavy (non-hydrogen) atoms. The van der Waals surface area contributed by atoms with Gasteiger partial charge in [0.2, 0.25) is 0 Å². The molecule has 1 heterocycles. The normalized spacial score (nSPS) is 10.2. The van der Waals surface area contributed by atoms with Crippen LogP contribution in [-0.2, 0) is 6.54 Å². The molecule has 0 fully saturated rings. The minimum atomic E-state index is 1.01. The number of unbranched alkanes of at least 4 members (excludes halogenated alkanes) is 1. The zero-order chi connectivity index (χ0) is 8.97. The number of allylic oxidation sites excluding steroid dienone is 1. The van der Waals surface area contributed by atoms with E-state index in [9.17, 15) is 0 Å². The summed E-state index contributed by atoms with van der Waals surface area (Å²) in [5.74, 6) is 0. The molecule has 0 aliphatic rings. The van der Waals surface area contributed by atoms with Crippen LogP contribution >= 0.6 is 0 Å². The van der Waals surface area contributed by atoms with E-state index in [1.54, 1.807) is 0 Å². The molecule has 0 bridgehead atoms. The molecule has 1 aromatic heterocycles. The molecule has 0 aliphatic heterocycles. The van der Waals surface area contributed by atoms with Crippen LogP contribution in [0.15, 0.2) is 18.8 Å². The fourth-order valence-corrected chi connectivity index (χ4v) is 1.18. The van der Waals surface area contributed by atoms with E-state index in [2.05, 4.69) is 18.6 Å². The summed E-state index contributed by atoms with van der Waals surface area (Å²) in [4.78, 5) is 0. The number of aryl methyl sites for hydroxylation is 1. The molecule has 1 rings (SSSR count). The molecule has 0 saturated heterocycles. The summed E-state index contributed by atoms with van der Waals surface area (Å²) in [6.07, 6.45) is 4.22. The van der Waals surface area contributed by atoms with Gasteiger partial charge in [-0.2, -0.15) is 5.10 Å².